The Hall–Kier alpha value is -1.71. The number of hydrogen-bond acceptors (Lipinski definition) is 3. The highest BCUT2D eigenvalue weighted by atomic mass is 16.3. The van der Waals surface area contributed by atoms with E-state index in [2.05, 4.69) is 17.1 Å². The molecule has 1 unspecified atom stereocenters. The lowest BCUT2D eigenvalue weighted by Crippen LogP contribution is -2.20. The predicted molar refractivity (Wildman–Crippen MR) is 74.7 cm³/mol. The standard InChI is InChI=1S/C16H18N2O/c17-11-16(7-8-16)13-5-3-4-12(10-13)15(19)14-6-1-2-9-18-14/h1-6,9-10,15,19H,7-8,11,17H2. The highest BCUT2D eigenvalue weighted by molar-refractivity contribution is 5.37. The molecule has 0 saturated heterocycles. The van der Waals surface area contributed by atoms with E-state index in [0.717, 1.165) is 18.4 Å². The average Bonchev–Trinajstić information content (AvgIpc) is 3.29. The number of hydrogen-bond donors (Lipinski definition) is 2. The van der Waals surface area contributed by atoms with E-state index < -0.39 is 6.10 Å². The second-order valence-electron chi connectivity index (χ2n) is 5.27. The van der Waals surface area contributed by atoms with Crippen molar-refractivity contribution in [1.29, 1.82) is 0 Å². The molecular formula is C16H18N2O. The van der Waals surface area contributed by atoms with E-state index in [4.69, 9.17) is 5.73 Å². The van der Waals surface area contributed by atoms with Gasteiger partial charge >= 0.3 is 0 Å². The number of aliphatic hydroxyl groups is 1. The highest BCUT2D eigenvalue weighted by Gasteiger charge is 2.42. The molecule has 1 atom stereocenters. The average molecular weight is 254 g/mol. The number of rotatable bonds is 4. The fraction of sp³-hybridized carbons (Fsp3) is 0.312. The molecule has 1 aromatic heterocycles. The van der Waals surface area contributed by atoms with E-state index in [-0.39, 0.29) is 5.41 Å². The number of aromatic nitrogens is 1. The summed E-state index contributed by atoms with van der Waals surface area (Å²) < 4.78 is 0. The van der Waals surface area contributed by atoms with E-state index in [1.807, 2.05) is 30.3 Å². The quantitative estimate of drug-likeness (QED) is 0.879. The van der Waals surface area contributed by atoms with Gasteiger partial charge in [0, 0.05) is 18.2 Å². The van der Waals surface area contributed by atoms with Gasteiger partial charge in [0.1, 0.15) is 6.10 Å². The molecule has 0 bridgehead atoms. The summed E-state index contributed by atoms with van der Waals surface area (Å²) in [6.07, 6.45) is 3.32. The Labute approximate surface area is 113 Å². The van der Waals surface area contributed by atoms with Crippen LogP contribution in [0.15, 0.2) is 48.7 Å². The largest absolute Gasteiger partial charge is 0.382 e. The lowest BCUT2D eigenvalue weighted by atomic mass is 9.93. The fourth-order valence-corrected chi connectivity index (χ4v) is 2.51. The molecule has 2 aromatic rings. The molecule has 0 aliphatic heterocycles. The Morgan fingerprint density at radius 3 is 2.68 bits per heavy atom. The van der Waals surface area contributed by atoms with Crippen molar-refractivity contribution < 1.29 is 5.11 Å². The van der Waals surface area contributed by atoms with Crippen molar-refractivity contribution in [2.24, 2.45) is 5.73 Å². The van der Waals surface area contributed by atoms with Crippen molar-refractivity contribution in [2.75, 3.05) is 6.54 Å². The van der Waals surface area contributed by atoms with Gasteiger partial charge < -0.3 is 10.8 Å². The maximum Gasteiger partial charge on any atom is 0.121 e. The topological polar surface area (TPSA) is 59.1 Å². The van der Waals surface area contributed by atoms with Gasteiger partial charge in [0.25, 0.3) is 0 Å². The van der Waals surface area contributed by atoms with Crippen LogP contribution >= 0.6 is 0 Å². The van der Waals surface area contributed by atoms with Gasteiger partial charge in [-0.25, -0.2) is 0 Å². The Kier molecular flexibility index (Phi) is 3.09. The summed E-state index contributed by atoms with van der Waals surface area (Å²) >= 11 is 0. The van der Waals surface area contributed by atoms with Crippen molar-refractivity contribution in [3.8, 4) is 0 Å². The van der Waals surface area contributed by atoms with Gasteiger partial charge in [0.15, 0.2) is 0 Å². The normalized spacial score (nSPS) is 18.0. The zero-order valence-corrected chi connectivity index (χ0v) is 10.8. The monoisotopic (exact) mass is 254 g/mol. The van der Waals surface area contributed by atoms with Crippen LogP contribution < -0.4 is 5.73 Å². The molecule has 0 amide bonds. The van der Waals surface area contributed by atoms with Crippen LogP contribution in [0, 0.1) is 0 Å². The van der Waals surface area contributed by atoms with Crippen molar-refractivity contribution >= 4 is 0 Å². The van der Waals surface area contributed by atoms with Crippen LogP contribution in [0.5, 0.6) is 0 Å². The summed E-state index contributed by atoms with van der Waals surface area (Å²) in [5.41, 5.74) is 8.82. The van der Waals surface area contributed by atoms with Gasteiger partial charge in [0.2, 0.25) is 0 Å². The lowest BCUT2D eigenvalue weighted by molar-refractivity contribution is 0.215. The Bertz CT molecular complexity index is 564. The van der Waals surface area contributed by atoms with E-state index in [1.165, 1.54) is 5.56 Å². The molecule has 3 nitrogen and oxygen atoms in total. The van der Waals surface area contributed by atoms with Gasteiger partial charge in [-0.2, -0.15) is 0 Å². The van der Waals surface area contributed by atoms with Gasteiger partial charge in [0.05, 0.1) is 5.69 Å². The maximum atomic E-state index is 10.4. The third-order valence-corrected chi connectivity index (χ3v) is 4.03. The first-order valence-corrected chi connectivity index (χ1v) is 6.65. The van der Waals surface area contributed by atoms with Crippen LogP contribution in [0.1, 0.15) is 35.8 Å². The summed E-state index contributed by atoms with van der Waals surface area (Å²) in [5.74, 6) is 0. The molecule has 3 N–H and O–H groups in total. The fourth-order valence-electron chi connectivity index (χ4n) is 2.51. The minimum Gasteiger partial charge on any atom is -0.382 e. The zero-order valence-electron chi connectivity index (χ0n) is 10.8. The second kappa shape index (κ2) is 4.76. The molecule has 1 fully saturated rings. The van der Waals surface area contributed by atoms with Crippen LogP contribution in [0.2, 0.25) is 0 Å². The minimum absolute atomic E-state index is 0.153. The summed E-state index contributed by atoms with van der Waals surface area (Å²) in [7, 11) is 0. The number of pyridine rings is 1. The van der Waals surface area contributed by atoms with E-state index >= 15 is 0 Å². The molecule has 1 heterocycles. The number of nitrogens with two attached hydrogens (primary N) is 1. The van der Waals surface area contributed by atoms with Gasteiger partial charge in [-0.3, -0.25) is 4.98 Å². The van der Waals surface area contributed by atoms with Gasteiger partial charge in [-0.15, -0.1) is 0 Å². The van der Waals surface area contributed by atoms with E-state index in [9.17, 15) is 5.11 Å². The summed E-state index contributed by atoms with van der Waals surface area (Å²) in [4.78, 5) is 4.21. The van der Waals surface area contributed by atoms with E-state index in [0.29, 0.717) is 12.2 Å². The molecule has 1 aliphatic carbocycles. The first-order chi connectivity index (χ1) is 9.25. The third-order valence-electron chi connectivity index (χ3n) is 4.03. The summed E-state index contributed by atoms with van der Waals surface area (Å²) in [6, 6.07) is 13.7. The van der Waals surface area contributed by atoms with Gasteiger partial charge in [-0.05, 0) is 36.1 Å². The zero-order chi connectivity index (χ0) is 13.3. The van der Waals surface area contributed by atoms with Crippen LogP contribution in [-0.4, -0.2) is 16.6 Å². The molecule has 1 saturated carbocycles. The lowest BCUT2D eigenvalue weighted by Gasteiger charge is -2.16. The Morgan fingerprint density at radius 1 is 1.21 bits per heavy atom. The van der Waals surface area contributed by atoms with Crippen LogP contribution in [0.25, 0.3) is 0 Å². The van der Waals surface area contributed by atoms with Crippen LogP contribution in [0.4, 0.5) is 0 Å². The Balaban J connectivity index is 1.92. The molecule has 0 spiro atoms. The number of benzene rings is 1. The molecule has 0 radical (unpaired) electrons. The number of aliphatic hydroxyl groups excluding tert-OH is 1. The summed E-state index contributed by atoms with van der Waals surface area (Å²) in [5, 5.41) is 10.4. The SMILES string of the molecule is NCC1(c2cccc(C(O)c3ccccn3)c2)CC1. The first-order valence-electron chi connectivity index (χ1n) is 6.65. The Morgan fingerprint density at radius 2 is 2.05 bits per heavy atom. The molecule has 3 heteroatoms. The molecule has 1 aromatic carbocycles. The maximum absolute atomic E-state index is 10.4. The van der Waals surface area contributed by atoms with Crippen molar-refractivity contribution in [3.05, 3.63) is 65.5 Å². The molecular weight excluding hydrogens is 236 g/mol. The van der Waals surface area contributed by atoms with Crippen molar-refractivity contribution in [2.45, 2.75) is 24.4 Å². The predicted octanol–water partition coefficient (Wildman–Crippen LogP) is 2.15. The molecule has 98 valence electrons. The second-order valence-corrected chi connectivity index (χ2v) is 5.27. The molecule has 3 rings (SSSR count). The number of nitrogens with zero attached hydrogens (tertiary/aromatic N) is 1. The van der Waals surface area contributed by atoms with Crippen molar-refractivity contribution in [1.82, 2.24) is 4.98 Å². The van der Waals surface area contributed by atoms with Gasteiger partial charge in [-0.1, -0.05) is 30.3 Å². The van der Waals surface area contributed by atoms with Crippen LogP contribution in [0.3, 0.4) is 0 Å². The summed E-state index contributed by atoms with van der Waals surface area (Å²) in [6.45, 7) is 0.677. The van der Waals surface area contributed by atoms with Crippen LogP contribution in [-0.2, 0) is 5.41 Å². The van der Waals surface area contributed by atoms with Crippen molar-refractivity contribution in [3.63, 3.8) is 0 Å². The molecule has 1 aliphatic rings. The smallest absolute Gasteiger partial charge is 0.121 e. The third kappa shape index (κ3) is 2.27. The highest BCUT2D eigenvalue weighted by Crippen LogP contribution is 2.47. The van der Waals surface area contributed by atoms with E-state index in [1.54, 1.807) is 6.20 Å². The first kappa shape index (κ1) is 12.3. The molecule has 19 heavy (non-hydrogen) atoms. The minimum atomic E-state index is -0.672.